The summed E-state index contributed by atoms with van der Waals surface area (Å²) in [6, 6.07) is 15.5. The van der Waals surface area contributed by atoms with Crippen LogP contribution in [-0.4, -0.2) is 21.9 Å². The average Bonchev–Trinajstić information content (AvgIpc) is 2.99. The highest BCUT2D eigenvalue weighted by Gasteiger charge is 2.14. The van der Waals surface area contributed by atoms with E-state index in [4.69, 9.17) is 16.3 Å². The lowest BCUT2D eigenvalue weighted by Gasteiger charge is -2.03. The maximum Gasteiger partial charge on any atom is 0.284 e. The zero-order chi connectivity index (χ0) is 18.3. The summed E-state index contributed by atoms with van der Waals surface area (Å²) < 4.78 is 6.45. The molecule has 0 amide bonds. The molecule has 0 aliphatic rings. The molecular weight excluding hydrogens is 354 g/mol. The van der Waals surface area contributed by atoms with Crippen molar-refractivity contribution in [3.05, 3.63) is 80.2 Å². The predicted octanol–water partition coefficient (Wildman–Crippen LogP) is 3.34. The Morgan fingerprint density at radius 2 is 1.69 bits per heavy atom. The van der Waals surface area contributed by atoms with E-state index in [9.17, 15) is 9.59 Å². The van der Waals surface area contributed by atoms with Crippen LogP contribution in [0.25, 0.3) is 28.0 Å². The van der Waals surface area contributed by atoms with E-state index in [1.807, 2.05) is 0 Å². The number of pyridine rings is 1. The summed E-state index contributed by atoms with van der Waals surface area (Å²) in [6.45, 7) is 0. The molecule has 4 rings (SSSR count). The molecule has 0 atom stereocenters. The lowest BCUT2D eigenvalue weighted by molar-refractivity contribution is 0.414. The Bertz CT molecular complexity index is 1200. The summed E-state index contributed by atoms with van der Waals surface area (Å²) in [5, 5.41) is 3.65. The van der Waals surface area contributed by atoms with Crippen LogP contribution in [0.2, 0.25) is 5.02 Å². The Morgan fingerprint density at radius 3 is 2.35 bits per heavy atom. The number of hydrogen-bond donors (Lipinski definition) is 2. The summed E-state index contributed by atoms with van der Waals surface area (Å²) in [7, 11) is 1.57. The molecular formula is C19H14ClN3O3. The topological polar surface area (TPSA) is 79.9 Å². The molecule has 0 unspecified atom stereocenters. The van der Waals surface area contributed by atoms with E-state index in [0.717, 1.165) is 5.56 Å². The van der Waals surface area contributed by atoms with E-state index in [0.29, 0.717) is 27.8 Å². The van der Waals surface area contributed by atoms with Crippen molar-refractivity contribution in [1.29, 1.82) is 0 Å². The minimum absolute atomic E-state index is 0.0820. The van der Waals surface area contributed by atoms with E-state index in [-0.39, 0.29) is 10.8 Å². The van der Waals surface area contributed by atoms with Gasteiger partial charge in [0.05, 0.1) is 18.5 Å². The molecule has 26 heavy (non-hydrogen) atoms. The predicted molar refractivity (Wildman–Crippen MR) is 102 cm³/mol. The first kappa shape index (κ1) is 16.2. The normalized spacial score (nSPS) is 11.0. The lowest BCUT2D eigenvalue weighted by Crippen LogP contribution is -2.18. The molecule has 0 aliphatic carbocycles. The zero-order valence-corrected chi connectivity index (χ0v) is 14.5. The molecule has 0 aliphatic heterocycles. The maximum atomic E-state index is 12.7. The third-order valence-corrected chi connectivity index (χ3v) is 4.41. The Kier molecular flexibility index (Phi) is 3.89. The minimum Gasteiger partial charge on any atom is -0.497 e. The number of hydrogen-bond acceptors (Lipinski definition) is 3. The maximum absolute atomic E-state index is 12.7. The first-order chi connectivity index (χ1) is 12.6. The van der Waals surface area contributed by atoms with Crippen molar-refractivity contribution in [3.8, 4) is 22.7 Å². The van der Waals surface area contributed by atoms with Gasteiger partial charge in [-0.25, -0.2) is 4.68 Å². The minimum atomic E-state index is -0.408. The van der Waals surface area contributed by atoms with Gasteiger partial charge in [0.2, 0.25) is 0 Å². The molecule has 4 aromatic rings. The van der Waals surface area contributed by atoms with Crippen molar-refractivity contribution in [2.75, 3.05) is 7.11 Å². The third-order valence-electron chi connectivity index (χ3n) is 4.16. The van der Waals surface area contributed by atoms with Gasteiger partial charge in [-0.05, 0) is 42.0 Å². The molecule has 0 spiro atoms. The molecule has 2 aromatic heterocycles. The van der Waals surface area contributed by atoms with Crippen molar-refractivity contribution in [3.63, 3.8) is 0 Å². The van der Waals surface area contributed by atoms with Crippen LogP contribution in [0.3, 0.4) is 0 Å². The van der Waals surface area contributed by atoms with Gasteiger partial charge in [-0.3, -0.25) is 14.7 Å². The molecule has 130 valence electrons. The van der Waals surface area contributed by atoms with Gasteiger partial charge in [-0.1, -0.05) is 23.7 Å². The molecule has 2 N–H and O–H groups in total. The number of nitrogens with zero attached hydrogens (tertiary/aromatic N) is 1. The van der Waals surface area contributed by atoms with Gasteiger partial charge >= 0.3 is 0 Å². The van der Waals surface area contributed by atoms with Gasteiger partial charge in [-0.2, -0.15) is 0 Å². The van der Waals surface area contributed by atoms with Crippen LogP contribution < -0.4 is 15.7 Å². The fourth-order valence-electron chi connectivity index (χ4n) is 2.83. The number of H-pyrrole nitrogens is 2. The van der Waals surface area contributed by atoms with E-state index in [1.165, 1.54) is 10.7 Å². The van der Waals surface area contributed by atoms with Gasteiger partial charge in [0.1, 0.15) is 16.8 Å². The number of nitrogens with one attached hydrogen (secondary N) is 2. The first-order valence-electron chi connectivity index (χ1n) is 7.85. The monoisotopic (exact) mass is 367 g/mol. The summed E-state index contributed by atoms with van der Waals surface area (Å²) >= 11 is 5.91. The Labute approximate surface area is 152 Å². The second-order valence-corrected chi connectivity index (χ2v) is 6.19. The number of benzene rings is 2. The van der Waals surface area contributed by atoms with Gasteiger partial charge in [0.15, 0.2) is 5.43 Å². The van der Waals surface area contributed by atoms with Crippen molar-refractivity contribution in [2.45, 2.75) is 0 Å². The average molecular weight is 368 g/mol. The van der Waals surface area contributed by atoms with Crippen molar-refractivity contribution in [2.24, 2.45) is 0 Å². The molecule has 0 bridgehead atoms. The second kappa shape index (κ2) is 6.24. The number of halogens is 1. The Morgan fingerprint density at radius 1 is 1.00 bits per heavy atom. The molecule has 6 nitrogen and oxygen atoms in total. The van der Waals surface area contributed by atoms with Crippen molar-refractivity contribution < 1.29 is 4.74 Å². The highest BCUT2D eigenvalue weighted by molar-refractivity contribution is 6.30. The van der Waals surface area contributed by atoms with E-state index < -0.39 is 5.56 Å². The van der Waals surface area contributed by atoms with E-state index in [2.05, 4.69) is 10.1 Å². The molecule has 2 aromatic carbocycles. The molecule has 0 radical (unpaired) electrons. The first-order valence-corrected chi connectivity index (χ1v) is 8.23. The van der Waals surface area contributed by atoms with Crippen molar-refractivity contribution in [1.82, 2.24) is 14.8 Å². The highest BCUT2D eigenvalue weighted by Crippen LogP contribution is 2.20. The fraction of sp³-hybridized carbons (Fsp3) is 0.0526. The van der Waals surface area contributed by atoms with Gasteiger partial charge in [-0.15, -0.1) is 0 Å². The largest absolute Gasteiger partial charge is 0.497 e. The molecule has 0 saturated carbocycles. The summed E-state index contributed by atoms with van der Waals surface area (Å²) in [6.07, 6.45) is 0. The summed E-state index contributed by atoms with van der Waals surface area (Å²) in [5.41, 5.74) is 1.61. The quantitative estimate of drug-likeness (QED) is 0.583. The summed E-state index contributed by atoms with van der Waals surface area (Å²) in [4.78, 5) is 28.3. The van der Waals surface area contributed by atoms with Gasteiger partial charge in [0, 0.05) is 11.1 Å². The van der Waals surface area contributed by atoms with E-state index >= 15 is 0 Å². The Hall–Kier alpha value is -3.25. The number of aromatic nitrogens is 3. The Balaban J connectivity index is 1.88. The summed E-state index contributed by atoms with van der Waals surface area (Å²) in [5.74, 6) is 0.680. The number of aromatic amines is 2. The van der Waals surface area contributed by atoms with Crippen LogP contribution in [0.15, 0.2) is 64.2 Å². The SMILES string of the molecule is COc1ccc(-n2[nH]c3[nH]c(-c4ccc(Cl)cc4)cc(=O)c3c2=O)cc1. The smallest absolute Gasteiger partial charge is 0.284 e. The van der Waals surface area contributed by atoms with Crippen LogP contribution in [-0.2, 0) is 0 Å². The molecule has 7 heteroatoms. The standard InChI is InChI=1S/C19H14ClN3O3/c1-26-14-8-6-13(7-9-14)23-19(25)17-16(24)10-15(21-18(17)22-23)11-2-4-12(20)5-3-11/h2-10H,1H3,(H2,21,22,24). The highest BCUT2D eigenvalue weighted by atomic mass is 35.5. The number of fused-ring (bicyclic) bond motifs is 1. The molecule has 2 heterocycles. The van der Waals surface area contributed by atoms with Crippen LogP contribution >= 0.6 is 11.6 Å². The van der Waals surface area contributed by atoms with Crippen LogP contribution in [0.5, 0.6) is 5.75 Å². The molecule has 0 saturated heterocycles. The van der Waals surface area contributed by atoms with Crippen LogP contribution in [0.1, 0.15) is 0 Å². The molecule has 0 fully saturated rings. The third kappa shape index (κ3) is 2.70. The number of rotatable bonds is 3. The number of methoxy groups -OCH3 is 1. The second-order valence-electron chi connectivity index (χ2n) is 5.75. The zero-order valence-electron chi connectivity index (χ0n) is 13.7. The van der Waals surface area contributed by atoms with E-state index in [1.54, 1.807) is 55.6 Å². The fourth-order valence-corrected chi connectivity index (χ4v) is 2.95. The van der Waals surface area contributed by atoms with Gasteiger partial charge < -0.3 is 9.72 Å². The van der Waals surface area contributed by atoms with Gasteiger partial charge in [0.25, 0.3) is 5.56 Å². The lowest BCUT2D eigenvalue weighted by atomic mass is 10.1. The van der Waals surface area contributed by atoms with Crippen molar-refractivity contribution >= 4 is 22.6 Å². The van der Waals surface area contributed by atoms with Crippen LogP contribution in [0, 0.1) is 0 Å². The number of ether oxygens (including phenoxy) is 1. The van der Waals surface area contributed by atoms with Crippen LogP contribution in [0.4, 0.5) is 0 Å².